The Balaban J connectivity index is 1.36. The van der Waals surface area contributed by atoms with Crippen LogP contribution in [0.3, 0.4) is 0 Å². The summed E-state index contributed by atoms with van der Waals surface area (Å²) in [7, 11) is 0. The predicted molar refractivity (Wildman–Crippen MR) is 91.7 cm³/mol. The van der Waals surface area contributed by atoms with Crippen LogP contribution >= 0.6 is 0 Å². The molecule has 0 aromatic heterocycles. The van der Waals surface area contributed by atoms with Gasteiger partial charge in [-0.15, -0.1) is 0 Å². The first-order valence-electron chi connectivity index (χ1n) is 8.78. The third-order valence-corrected chi connectivity index (χ3v) is 5.20. The average molecular weight is 308 g/mol. The molecule has 120 valence electrons. The fourth-order valence-corrected chi connectivity index (χ4v) is 4.11. The van der Waals surface area contributed by atoms with Crippen molar-refractivity contribution in [3.05, 3.63) is 60.2 Å². The normalized spacial score (nSPS) is 26.0. The van der Waals surface area contributed by atoms with Crippen molar-refractivity contribution in [2.24, 2.45) is 11.8 Å². The highest BCUT2D eigenvalue weighted by atomic mass is 16.5. The lowest BCUT2D eigenvalue weighted by Crippen LogP contribution is -2.25. The molecule has 2 aromatic carbocycles. The minimum Gasteiger partial charge on any atom is -0.490 e. The molecule has 0 saturated heterocycles. The Kier molecular flexibility index (Phi) is 4.23. The van der Waals surface area contributed by atoms with Gasteiger partial charge in [0.2, 0.25) is 0 Å². The first-order valence-corrected chi connectivity index (χ1v) is 8.78. The number of benzene rings is 2. The summed E-state index contributed by atoms with van der Waals surface area (Å²) in [6, 6.07) is 18.4. The molecule has 23 heavy (non-hydrogen) atoms. The zero-order valence-corrected chi connectivity index (χ0v) is 13.5. The minimum absolute atomic E-state index is 0.394. The van der Waals surface area contributed by atoms with E-state index in [9.17, 15) is 0 Å². The van der Waals surface area contributed by atoms with Gasteiger partial charge in [-0.3, -0.25) is 0 Å². The van der Waals surface area contributed by atoms with E-state index in [-0.39, 0.29) is 0 Å². The highest BCUT2D eigenvalue weighted by molar-refractivity contribution is 5.33. The number of hydrogen-bond acceptors (Lipinski definition) is 2. The van der Waals surface area contributed by atoms with Crippen molar-refractivity contribution < 1.29 is 9.47 Å². The van der Waals surface area contributed by atoms with Crippen molar-refractivity contribution in [1.82, 2.24) is 0 Å². The number of rotatable bonds is 5. The summed E-state index contributed by atoms with van der Waals surface area (Å²) >= 11 is 0. The van der Waals surface area contributed by atoms with Crippen LogP contribution in [0, 0.1) is 11.8 Å². The van der Waals surface area contributed by atoms with Crippen molar-refractivity contribution >= 4 is 0 Å². The molecular formula is C21H24O2. The lowest BCUT2D eigenvalue weighted by atomic mass is 9.87. The van der Waals surface area contributed by atoms with Crippen LogP contribution in [-0.2, 0) is 6.61 Å². The molecule has 2 nitrogen and oxygen atoms in total. The van der Waals surface area contributed by atoms with E-state index in [4.69, 9.17) is 9.47 Å². The van der Waals surface area contributed by atoms with Gasteiger partial charge in [-0.25, -0.2) is 0 Å². The van der Waals surface area contributed by atoms with Crippen molar-refractivity contribution in [1.29, 1.82) is 0 Å². The Morgan fingerprint density at radius 2 is 1.52 bits per heavy atom. The first-order chi connectivity index (χ1) is 11.3. The third-order valence-electron chi connectivity index (χ3n) is 5.20. The Morgan fingerprint density at radius 1 is 0.783 bits per heavy atom. The predicted octanol–water partition coefficient (Wildman–Crippen LogP) is 5.22. The van der Waals surface area contributed by atoms with Gasteiger partial charge in [0.25, 0.3) is 0 Å². The fraction of sp³-hybridized carbons (Fsp3) is 0.429. The fourth-order valence-electron chi connectivity index (χ4n) is 4.11. The van der Waals surface area contributed by atoms with Gasteiger partial charge in [0.1, 0.15) is 18.1 Å². The molecule has 0 heterocycles. The molecule has 0 amide bonds. The Morgan fingerprint density at radius 3 is 2.30 bits per heavy atom. The second kappa shape index (κ2) is 6.66. The Labute approximate surface area is 138 Å². The van der Waals surface area contributed by atoms with E-state index in [1.807, 2.05) is 42.5 Å². The molecule has 0 unspecified atom stereocenters. The van der Waals surface area contributed by atoms with Crippen LogP contribution in [0.4, 0.5) is 0 Å². The van der Waals surface area contributed by atoms with Gasteiger partial charge in [0, 0.05) is 6.07 Å². The first kappa shape index (κ1) is 14.6. The molecule has 2 heteroatoms. The molecule has 0 spiro atoms. The Bertz CT molecular complexity index is 625. The quantitative estimate of drug-likeness (QED) is 0.753. The molecule has 4 rings (SSSR count). The monoisotopic (exact) mass is 308 g/mol. The van der Waals surface area contributed by atoms with E-state index in [2.05, 4.69) is 12.1 Å². The van der Waals surface area contributed by atoms with Crippen LogP contribution in [-0.4, -0.2) is 6.10 Å². The lowest BCUT2D eigenvalue weighted by molar-refractivity contribution is 0.118. The SMILES string of the molecule is c1ccc(COc2cccc(O[C@@H]3C[C@@H]4CC[C@@H](C4)C3)c2)cc1. The number of hydrogen-bond donors (Lipinski definition) is 0. The van der Waals surface area contributed by atoms with E-state index < -0.39 is 0 Å². The smallest absolute Gasteiger partial charge is 0.123 e. The minimum atomic E-state index is 0.394. The molecule has 2 aliphatic rings. The van der Waals surface area contributed by atoms with Crippen LogP contribution in [0.5, 0.6) is 11.5 Å². The number of ether oxygens (including phenoxy) is 2. The standard InChI is InChI=1S/C21H24O2/c1-2-5-16(6-3-1)15-22-19-7-4-8-20(14-19)23-21-12-17-9-10-18(11-17)13-21/h1-8,14,17-18,21H,9-13,15H2/t17-,18+,21-. The van der Waals surface area contributed by atoms with Gasteiger partial charge >= 0.3 is 0 Å². The summed E-state index contributed by atoms with van der Waals surface area (Å²) in [5.41, 5.74) is 1.18. The summed E-state index contributed by atoms with van der Waals surface area (Å²) in [6.07, 6.45) is 7.10. The molecule has 2 aliphatic carbocycles. The van der Waals surface area contributed by atoms with Gasteiger partial charge in [-0.1, -0.05) is 49.2 Å². The molecule has 3 atom stereocenters. The zero-order chi connectivity index (χ0) is 15.5. The van der Waals surface area contributed by atoms with Crippen LogP contribution in [0.15, 0.2) is 54.6 Å². The molecule has 2 saturated carbocycles. The van der Waals surface area contributed by atoms with Gasteiger partial charge < -0.3 is 9.47 Å². The molecule has 0 aliphatic heterocycles. The van der Waals surface area contributed by atoms with Crippen LogP contribution in [0.2, 0.25) is 0 Å². The zero-order valence-electron chi connectivity index (χ0n) is 13.5. The molecule has 0 N–H and O–H groups in total. The highest BCUT2D eigenvalue weighted by Crippen LogP contribution is 2.43. The van der Waals surface area contributed by atoms with E-state index in [1.54, 1.807) is 0 Å². The highest BCUT2D eigenvalue weighted by Gasteiger charge is 2.35. The van der Waals surface area contributed by atoms with E-state index in [1.165, 1.54) is 37.7 Å². The summed E-state index contributed by atoms with van der Waals surface area (Å²) in [4.78, 5) is 0. The van der Waals surface area contributed by atoms with E-state index in [0.717, 1.165) is 23.3 Å². The molecule has 2 bridgehead atoms. The van der Waals surface area contributed by atoms with Gasteiger partial charge in [-0.2, -0.15) is 0 Å². The van der Waals surface area contributed by atoms with Crippen LogP contribution < -0.4 is 9.47 Å². The maximum Gasteiger partial charge on any atom is 0.123 e. The van der Waals surface area contributed by atoms with Crippen molar-refractivity contribution in [3.8, 4) is 11.5 Å². The van der Waals surface area contributed by atoms with Gasteiger partial charge in [-0.05, 0) is 48.8 Å². The summed E-state index contributed by atoms with van der Waals surface area (Å²) < 4.78 is 12.1. The topological polar surface area (TPSA) is 18.5 Å². The van der Waals surface area contributed by atoms with E-state index in [0.29, 0.717) is 12.7 Å². The summed E-state index contributed by atoms with van der Waals surface area (Å²) in [5, 5.41) is 0. The molecule has 2 aromatic rings. The van der Waals surface area contributed by atoms with Crippen LogP contribution in [0.25, 0.3) is 0 Å². The average Bonchev–Trinajstić information content (AvgIpc) is 2.93. The van der Waals surface area contributed by atoms with Crippen molar-refractivity contribution in [3.63, 3.8) is 0 Å². The second-order valence-electron chi connectivity index (χ2n) is 7.01. The molecular weight excluding hydrogens is 284 g/mol. The maximum absolute atomic E-state index is 6.25. The largest absolute Gasteiger partial charge is 0.490 e. The molecule has 2 fully saturated rings. The van der Waals surface area contributed by atoms with Crippen molar-refractivity contribution in [2.75, 3.05) is 0 Å². The van der Waals surface area contributed by atoms with E-state index >= 15 is 0 Å². The van der Waals surface area contributed by atoms with Gasteiger partial charge in [0.05, 0.1) is 6.10 Å². The summed E-state index contributed by atoms with van der Waals surface area (Å²) in [6.45, 7) is 0.595. The van der Waals surface area contributed by atoms with Crippen molar-refractivity contribution in [2.45, 2.75) is 44.8 Å². The Hall–Kier alpha value is -1.96. The van der Waals surface area contributed by atoms with Gasteiger partial charge in [0.15, 0.2) is 0 Å². The van der Waals surface area contributed by atoms with Crippen LogP contribution in [0.1, 0.15) is 37.7 Å². The maximum atomic E-state index is 6.25. The number of fused-ring (bicyclic) bond motifs is 2. The second-order valence-corrected chi connectivity index (χ2v) is 7.01. The lowest BCUT2D eigenvalue weighted by Gasteiger charge is -2.28. The third kappa shape index (κ3) is 3.69. The molecule has 0 radical (unpaired) electrons. The summed E-state index contributed by atoms with van der Waals surface area (Å²) in [5.74, 6) is 3.62.